The summed E-state index contributed by atoms with van der Waals surface area (Å²) < 4.78 is 7.71. The number of carbonyl (C=O) groups excluding carboxylic acids is 1. The van der Waals surface area contributed by atoms with Crippen molar-refractivity contribution in [2.45, 2.75) is 57.5 Å². The third-order valence-electron chi connectivity index (χ3n) is 5.67. The SMILES string of the molecule is C=CCn1c(COc2ccc(Cl)cc2)nnc1SCC(=O)NC1CCCC(C)C1C. The van der Waals surface area contributed by atoms with Crippen molar-refractivity contribution >= 4 is 29.3 Å². The highest BCUT2D eigenvalue weighted by atomic mass is 35.5. The summed E-state index contributed by atoms with van der Waals surface area (Å²) in [7, 11) is 0. The summed E-state index contributed by atoms with van der Waals surface area (Å²) in [6, 6.07) is 7.43. The van der Waals surface area contributed by atoms with Crippen LogP contribution < -0.4 is 10.1 Å². The molecule has 3 atom stereocenters. The van der Waals surface area contributed by atoms with Gasteiger partial charge in [-0.2, -0.15) is 0 Å². The number of ether oxygens (including phenoxy) is 1. The maximum atomic E-state index is 12.5. The Morgan fingerprint density at radius 2 is 2.10 bits per heavy atom. The van der Waals surface area contributed by atoms with Crippen molar-refractivity contribution in [1.82, 2.24) is 20.1 Å². The summed E-state index contributed by atoms with van der Waals surface area (Å²) in [6.45, 7) is 9.13. The fourth-order valence-corrected chi connectivity index (χ4v) is 4.59. The molecule has 162 valence electrons. The fraction of sp³-hybridized carbons (Fsp3) is 0.500. The maximum absolute atomic E-state index is 12.5. The molecule has 8 heteroatoms. The van der Waals surface area contributed by atoms with E-state index < -0.39 is 0 Å². The Morgan fingerprint density at radius 3 is 2.83 bits per heavy atom. The number of hydrogen-bond acceptors (Lipinski definition) is 5. The van der Waals surface area contributed by atoms with E-state index in [0.29, 0.717) is 45.9 Å². The second-order valence-electron chi connectivity index (χ2n) is 7.77. The van der Waals surface area contributed by atoms with Gasteiger partial charge in [0.05, 0.1) is 5.75 Å². The smallest absolute Gasteiger partial charge is 0.230 e. The van der Waals surface area contributed by atoms with Crippen LogP contribution in [0.5, 0.6) is 5.75 Å². The predicted octanol–water partition coefficient (Wildman–Crippen LogP) is 4.73. The van der Waals surface area contributed by atoms with Gasteiger partial charge in [-0.05, 0) is 42.5 Å². The molecule has 0 spiro atoms. The Hall–Kier alpha value is -1.99. The van der Waals surface area contributed by atoms with Crippen molar-refractivity contribution in [3.63, 3.8) is 0 Å². The van der Waals surface area contributed by atoms with Gasteiger partial charge < -0.3 is 10.1 Å². The fourth-order valence-electron chi connectivity index (χ4n) is 3.69. The van der Waals surface area contributed by atoms with Crippen LogP contribution in [0, 0.1) is 11.8 Å². The van der Waals surface area contributed by atoms with E-state index in [1.165, 1.54) is 24.6 Å². The molecule has 1 amide bonds. The molecule has 1 aromatic heterocycles. The van der Waals surface area contributed by atoms with Crippen molar-refractivity contribution in [3.05, 3.63) is 47.8 Å². The summed E-state index contributed by atoms with van der Waals surface area (Å²) in [5.41, 5.74) is 0. The van der Waals surface area contributed by atoms with Crippen LogP contribution in [0.15, 0.2) is 42.1 Å². The third kappa shape index (κ3) is 6.01. The number of hydrogen-bond donors (Lipinski definition) is 1. The Morgan fingerprint density at radius 1 is 1.33 bits per heavy atom. The van der Waals surface area contributed by atoms with Crippen molar-refractivity contribution < 1.29 is 9.53 Å². The highest BCUT2D eigenvalue weighted by Gasteiger charge is 2.28. The summed E-state index contributed by atoms with van der Waals surface area (Å²) in [5.74, 6) is 2.90. The number of amides is 1. The molecule has 3 unspecified atom stereocenters. The van der Waals surface area contributed by atoms with E-state index in [-0.39, 0.29) is 18.6 Å². The molecule has 3 rings (SSSR count). The third-order valence-corrected chi connectivity index (χ3v) is 6.89. The van der Waals surface area contributed by atoms with Crippen LogP contribution in [0.2, 0.25) is 5.02 Å². The number of carbonyl (C=O) groups is 1. The summed E-state index contributed by atoms with van der Waals surface area (Å²) in [4.78, 5) is 12.5. The number of halogens is 1. The van der Waals surface area contributed by atoms with Gasteiger partial charge in [-0.3, -0.25) is 9.36 Å². The zero-order valence-electron chi connectivity index (χ0n) is 17.5. The number of aromatic nitrogens is 3. The number of allylic oxidation sites excluding steroid dienone is 1. The molecule has 30 heavy (non-hydrogen) atoms. The number of rotatable bonds is 9. The second-order valence-corrected chi connectivity index (χ2v) is 9.15. The second kappa shape index (κ2) is 10.9. The Kier molecular flexibility index (Phi) is 8.22. The molecule has 1 heterocycles. The van der Waals surface area contributed by atoms with Crippen LogP contribution in [-0.2, 0) is 17.9 Å². The van der Waals surface area contributed by atoms with Crippen molar-refractivity contribution in [3.8, 4) is 5.75 Å². The standard InChI is InChI=1S/C22H29ClN4O2S/c1-4-12-27-20(13-29-18-10-8-17(23)9-11-18)25-26-22(27)30-14-21(28)24-19-7-5-6-15(2)16(19)3/h4,8-11,15-16,19H,1,5-7,12-14H2,2-3H3,(H,24,28). The van der Waals surface area contributed by atoms with Gasteiger partial charge in [0, 0.05) is 17.6 Å². The van der Waals surface area contributed by atoms with Gasteiger partial charge in [-0.25, -0.2) is 0 Å². The van der Waals surface area contributed by atoms with Gasteiger partial charge in [0.25, 0.3) is 0 Å². The Bertz CT molecular complexity index is 855. The first kappa shape index (κ1) is 22.7. The topological polar surface area (TPSA) is 69.0 Å². The molecule has 0 radical (unpaired) electrons. The lowest BCUT2D eigenvalue weighted by molar-refractivity contribution is -0.120. The zero-order valence-corrected chi connectivity index (χ0v) is 19.1. The molecule has 1 fully saturated rings. The molecule has 0 saturated heterocycles. The van der Waals surface area contributed by atoms with Crippen LogP contribution in [0.4, 0.5) is 0 Å². The minimum absolute atomic E-state index is 0.0399. The first-order valence-corrected chi connectivity index (χ1v) is 11.7. The quantitative estimate of drug-likeness (QED) is 0.443. The van der Waals surface area contributed by atoms with Gasteiger partial charge in [-0.1, -0.05) is 56.1 Å². The maximum Gasteiger partial charge on any atom is 0.230 e. The Balaban J connectivity index is 1.56. The van der Waals surface area contributed by atoms with Crippen LogP contribution in [0.25, 0.3) is 0 Å². The summed E-state index contributed by atoms with van der Waals surface area (Å²) >= 11 is 7.29. The molecule has 1 N–H and O–H groups in total. The highest BCUT2D eigenvalue weighted by Crippen LogP contribution is 2.29. The van der Waals surface area contributed by atoms with Crippen LogP contribution in [0.3, 0.4) is 0 Å². The highest BCUT2D eigenvalue weighted by molar-refractivity contribution is 7.99. The zero-order chi connectivity index (χ0) is 21.5. The largest absolute Gasteiger partial charge is 0.486 e. The molecule has 1 saturated carbocycles. The predicted molar refractivity (Wildman–Crippen MR) is 121 cm³/mol. The first-order chi connectivity index (χ1) is 14.5. The average Bonchev–Trinajstić information content (AvgIpc) is 3.11. The van der Waals surface area contributed by atoms with Crippen LogP contribution in [0.1, 0.15) is 38.9 Å². The van der Waals surface area contributed by atoms with Gasteiger partial charge in [0.1, 0.15) is 12.4 Å². The molecular formula is C22H29ClN4O2S. The van der Waals surface area contributed by atoms with E-state index in [0.717, 1.165) is 6.42 Å². The normalized spacial score (nSPS) is 21.2. The van der Waals surface area contributed by atoms with Gasteiger partial charge in [-0.15, -0.1) is 16.8 Å². The van der Waals surface area contributed by atoms with Crippen molar-refractivity contribution in [2.75, 3.05) is 5.75 Å². The van der Waals surface area contributed by atoms with E-state index in [1.54, 1.807) is 18.2 Å². The lowest BCUT2D eigenvalue weighted by Crippen LogP contribution is -2.44. The van der Waals surface area contributed by atoms with Crippen LogP contribution in [-0.4, -0.2) is 32.5 Å². The van der Waals surface area contributed by atoms with Gasteiger partial charge >= 0.3 is 0 Å². The Labute approximate surface area is 187 Å². The first-order valence-electron chi connectivity index (χ1n) is 10.3. The lowest BCUT2D eigenvalue weighted by Gasteiger charge is -2.34. The van der Waals surface area contributed by atoms with E-state index >= 15 is 0 Å². The molecule has 1 aromatic carbocycles. The molecular weight excluding hydrogens is 420 g/mol. The van der Waals surface area contributed by atoms with E-state index in [1.807, 2.05) is 16.7 Å². The molecule has 1 aliphatic rings. The number of benzene rings is 1. The minimum Gasteiger partial charge on any atom is -0.486 e. The summed E-state index contributed by atoms with van der Waals surface area (Å²) in [6.07, 6.45) is 5.26. The lowest BCUT2D eigenvalue weighted by atomic mass is 9.78. The van der Waals surface area contributed by atoms with Crippen molar-refractivity contribution in [2.24, 2.45) is 11.8 Å². The molecule has 0 aliphatic heterocycles. The van der Waals surface area contributed by atoms with Gasteiger partial charge in [0.15, 0.2) is 11.0 Å². The van der Waals surface area contributed by atoms with Crippen molar-refractivity contribution in [1.29, 1.82) is 0 Å². The molecule has 2 aromatic rings. The van der Waals surface area contributed by atoms with E-state index in [4.69, 9.17) is 16.3 Å². The van der Waals surface area contributed by atoms with Gasteiger partial charge in [0.2, 0.25) is 5.91 Å². The molecule has 0 bridgehead atoms. The van der Waals surface area contributed by atoms with E-state index in [9.17, 15) is 4.79 Å². The monoisotopic (exact) mass is 448 g/mol. The number of thioether (sulfide) groups is 1. The number of nitrogens with zero attached hydrogens (tertiary/aromatic N) is 3. The summed E-state index contributed by atoms with van der Waals surface area (Å²) in [5, 5.41) is 13.0. The molecule has 1 aliphatic carbocycles. The molecule has 6 nitrogen and oxygen atoms in total. The average molecular weight is 449 g/mol. The van der Waals surface area contributed by atoms with Crippen LogP contribution >= 0.6 is 23.4 Å². The number of nitrogens with one attached hydrogen (secondary N) is 1. The minimum atomic E-state index is 0.0399. The van der Waals surface area contributed by atoms with E-state index in [2.05, 4.69) is 35.9 Å².